The van der Waals surface area contributed by atoms with E-state index >= 15 is 0 Å². The van der Waals surface area contributed by atoms with Crippen LogP contribution in [0.15, 0.2) is 42.6 Å². The summed E-state index contributed by atoms with van der Waals surface area (Å²) in [6.07, 6.45) is 1.76. The molecule has 5 heteroatoms. The van der Waals surface area contributed by atoms with Gasteiger partial charge in [0.25, 0.3) is 0 Å². The van der Waals surface area contributed by atoms with Gasteiger partial charge in [-0.05, 0) is 45.1 Å². The number of rotatable bonds is 7. The molecule has 0 fully saturated rings. The van der Waals surface area contributed by atoms with E-state index in [4.69, 9.17) is 0 Å². The highest BCUT2D eigenvalue weighted by atomic mass is 16.2. The summed E-state index contributed by atoms with van der Waals surface area (Å²) >= 11 is 0. The van der Waals surface area contributed by atoms with Crippen LogP contribution >= 0.6 is 0 Å². The monoisotopic (exact) mass is 326 g/mol. The van der Waals surface area contributed by atoms with Crippen LogP contribution in [0.1, 0.15) is 22.7 Å². The van der Waals surface area contributed by atoms with Crippen molar-refractivity contribution in [3.8, 4) is 0 Å². The molecular formula is C19H26N4O. The van der Waals surface area contributed by atoms with Crippen molar-refractivity contribution in [3.63, 3.8) is 0 Å². The van der Waals surface area contributed by atoms with Gasteiger partial charge in [0, 0.05) is 19.3 Å². The lowest BCUT2D eigenvalue weighted by atomic mass is 10.0. The van der Waals surface area contributed by atoms with Gasteiger partial charge in [-0.1, -0.05) is 35.9 Å². The molecule has 24 heavy (non-hydrogen) atoms. The second-order valence-electron chi connectivity index (χ2n) is 6.17. The summed E-state index contributed by atoms with van der Waals surface area (Å²) < 4.78 is 0. The maximum Gasteiger partial charge on any atom is 0.242 e. The molecule has 0 radical (unpaired) electrons. The predicted octanol–water partition coefficient (Wildman–Crippen LogP) is 2.53. The van der Waals surface area contributed by atoms with Gasteiger partial charge in [0.05, 0.1) is 0 Å². The van der Waals surface area contributed by atoms with Crippen LogP contribution in [0, 0.1) is 13.8 Å². The number of hydrogen-bond donors (Lipinski definition) is 2. The molecule has 1 aromatic heterocycles. The van der Waals surface area contributed by atoms with Gasteiger partial charge in [0.1, 0.15) is 11.9 Å². The lowest BCUT2D eigenvalue weighted by Crippen LogP contribution is -2.39. The molecule has 2 aromatic rings. The molecule has 1 amide bonds. The van der Waals surface area contributed by atoms with Crippen molar-refractivity contribution in [3.05, 3.63) is 59.3 Å². The van der Waals surface area contributed by atoms with Crippen LogP contribution < -0.4 is 10.6 Å². The van der Waals surface area contributed by atoms with Crippen LogP contribution in [0.2, 0.25) is 0 Å². The molecular weight excluding hydrogens is 300 g/mol. The summed E-state index contributed by atoms with van der Waals surface area (Å²) in [4.78, 5) is 18.8. The SMILES string of the molecule is Cc1cccc(C(C(=O)NCCNc2ncccc2C)N(C)C)c1. The number of nitrogens with one attached hydrogen (secondary N) is 2. The van der Waals surface area contributed by atoms with Gasteiger partial charge in [-0.25, -0.2) is 4.98 Å². The van der Waals surface area contributed by atoms with Crippen molar-refractivity contribution >= 4 is 11.7 Å². The summed E-state index contributed by atoms with van der Waals surface area (Å²) in [6.45, 7) is 5.23. The topological polar surface area (TPSA) is 57.3 Å². The predicted molar refractivity (Wildman–Crippen MR) is 98.1 cm³/mol. The van der Waals surface area contributed by atoms with Gasteiger partial charge in [0.2, 0.25) is 5.91 Å². The molecule has 0 aliphatic carbocycles. The fourth-order valence-corrected chi connectivity index (χ4v) is 2.66. The maximum absolute atomic E-state index is 12.6. The zero-order valence-electron chi connectivity index (χ0n) is 14.8. The molecule has 0 saturated carbocycles. The molecule has 0 saturated heterocycles. The number of aromatic nitrogens is 1. The van der Waals surface area contributed by atoms with Gasteiger partial charge in [-0.2, -0.15) is 0 Å². The lowest BCUT2D eigenvalue weighted by molar-refractivity contribution is -0.125. The largest absolute Gasteiger partial charge is 0.368 e. The minimum atomic E-state index is -0.290. The van der Waals surface area contributed by atoms with E-state index in [0.29, 0.717) is 13.1 Å². The van der Waals surface area contributed by atoms with Crippen molar-refractivity contribution < 1.29 is 4.79 Å². The van der Waals surface area contributed by atoms with Crippen molar-refractivity contribution in [1.82, 2.24) is 15.2 Å². The van der Waals surface area contributed by atoms with Crippen LogP contribution in [-0.4, -0.2) is 43.0 Å². The Balaban J connectivity index is 1.91. The molecule has 0 spiro atoms. The first-order chi connectivity index (χ1) is 11.5. The van der Waals surface area contributed by atoms with Gasteiger partial charge >= 0.3 is 0 Å². The minimum Gasteiger partial charge on any atom is -0.368 e. The summed E-state index contributed by atoms with van der Waals surface area (Å²) in [6, 6.07) is 11.7. The molecule has 1 atom stereocenters. The van der Waals surface area contributed by atoms with E-state index in [2.05, 4.69) is 21.7 Å². The average molecular weight is 326 g/mol. The summed E-state index contributed by atoms with van der Waals surface area (Å²) in [5.74, 6) is 0.861. The molecule has 2 N–H and O–H groups in total. The Morgan fingerprint density at radius 2 is 1.96 bits per heavy atom. The molecule has 1 aromatic carbocycles. The molecule has 0 aliphatic rings. The highest BCUT2D eigenvalue weighted by Gasteiger charge is 2.22. The summed E-state index contributed by atoms with van der Waals surface area (Å²) in [5, 5.41) is 6.25. The van der Waals surface area contributed by atoms with E-state index in [9.17, 15) is 4.79 Å². The third kappa shape index (κ3) is 4.80. The highest BCUT2D eigenvalue weighted by Crippen LogP contribution is 2.19. The molecule has 1 heterocycles. The van der Waals surface area contributed by atoms with Gasteiger partial charge < -0.3 is 10.6 Å². The number of pyridine rings is 1. The fourth-order valence-electron chi connectivity index (χ4n) is 2.66. The number of aryl methyl sites for hydroxylation is 2. The molecule has 0 bridgehead atoms. The fraction of sp³-hybridized carbons (Fsp3) is 0.368. The quantitative estimate of drug-likeness (QED) is 0.768. The number of amides is 1. The third-order valence-corrected chi connectivity index (χ3v) is 3.85. The Kier molecular flexibility index (Phi) is 6.32. The first kappa shape index (κ1) is 17.9. The van der Waals surface area contributed by atoms with Crippen molar-refractivity contribution in [2.75, 3.05) is 32.5 Å². The molecule has 128 valence electrons. The second kappa shape index (κ2) is 8.45. The minimum absolute atomic E-state index is 0.00476. The Hall–Kier alpha value is -2.40. The molecule has 2 rings (SSSR count). The van der Waals surface area contributed by atoms with Crippen LogP contribution in [0.4, 0.5) is 5.82 Å². The Morgan fingerprint density at radius 3 is 2.62 bits per heavy atom. The van der Waals surface area contributed by atoms with Crippen molar-refractivity contribution in [2.45, 2.75) is 19.9 Å². The number of carbonyl (C=O) groups excluding carboxylic acids is 1. The standard InChI is InChI=1S/C19H26N4O/c1-14-7-5-9-16(13-14)17(23(3)4)19(24)22-12-11-21-18-15(2)8-6-10-20-18/h5-10,13,17H,11-12H2,1-4H3,(H,20,21)(H,22,24). The zero-order chi connectivity index (χ0) is 17.5. The number of anilines is 1. The van der Waals surface area contributed by atoms with E-state index in [1.54, 1.807) is 6.20 Å². The normalized spacial score (nSPS) is 12.0. The first-order valence-corrected chi connectivity index (χ1v) is 8.15. The zero-order valence-corrected chi connectivity index (χ0v) is 14.8. The number of likely N-dealkylation sites (N-methyl/N-ethyl adjacent to an activating group) is 1. The van der Waals surface area contributed by atoms with Crippen LogP contribution in [0.3, 0.4) is 0 Å². The average Bonchev–Trinajstić information content (AvgIpc) is 2.53. The van der Waals surface area contributed by atoms with Gasteiger partial charge in [0.15, 0.2) is 0 Å². The van der Waals surface area contributed by atoms with E-state index in [1.807, 2.05) is 63.2 Å². The number of carbonyl (C=O) groups is 1. The Bertz CT molecular complexity index is 685. The van der Waals surface area contributed by atoms with Gasteiger partial charge in [-0.3, -0.25) is 9.69 Å². The number of benzene rings is 1. The number of nitrogens with zero attached hydrogens (tertiary/aromatic N) is 2. The lowest BCUT2D eigenvalue weighted by Gasteiger charge is -2.24. The smallest absolute Gasteiger partial charge is 0.242 e. The molecule has 0 aliphatic heterocycles. The highest BCUT2D eigenvalue weighted by molar-refractivity contribution is 5.83. The first-order valence-electron chi connectivity index (χ1n) is 8.15. The second-order valence-corrected chi connectivity index (χ2v) is 6.17. The van der Waals surface area contributed by atoms with E-state index in [1.165, 1.54) is 0 Å². The van der Waals surface area contributed by atoms with E-state index < -0.39 is 0 Å². The van der Waals surface area contributed by atoms with E-state index in [-0.39, 0.29) is 11.9 Å². The summed E-state index contributed by atoms with van der Waals surface area (Å²) in [7, 11) is 3.84. The summed E-state index contributed by atoms with van der Waals surface area (Å²) in [5.41, 5.74) is 3.25. The maximum atomic E-state index is 12.6. The number of hydrogen-bond acceptors (Lipinski definition) is 4. The molecule has 5 nitrogen and oxygen atoms in total. The van der Waals surface area contributed by atoms with Gasteiger partial charge in [-0.15, -0.1) is 0 Å². The van der Waals surface area contributed by atoms with Crippen molar-refractivity contribution in [1.29, 1.82) is 0 Å². The van der Waals surface area contributed by atoms with E-state index in [0.717, 1.165) is 22.5 Å². The Labute approximate surface area is 144 Å². The van der Waals surface area contributed by atoms with Crippen LogP contribution in [0.5, 0.6) is 0 Å². The Morgan fingerprint density at radius 1 is 1.17 bits per heavy atom. The molecule has 1 unspecified atom stereocenters. The van der Waals surface area contributed by atoms with Crippen LogP contribution in [-0.2, 0) is 4.79 Å². The van der Waals surface area contributed by atoms with Crippen molar-refractivity contribution in [2.24, 2.45) is 0 Å². The third-order valence-electron chi connectivity index (χ3n) is 3.85. The van der Waals surface area contributed by atoms with Crippen LogP contribution in [0.25, 0.3) is 0 Å².